The van der Waals surface area contributed by atoms with Crippen LogP contribution in [0.25, 0.3) is 10.9 Å². The molecule has 4 heteroatoms. The van der Waals surface area contributed by atoms with Crippen LogP contribution in [-0.2, 0) is 6.42 Å². The molecule has 0 spiro atoms. The van der Waals surface area contributed by atoms with Crippen molar-refractivity contribution in [2.75, 3.05) is 5.33 Å². The van der Waals surface area contributed by atoms with Crippen molar-refractivity contribution in [1.82, 2.24) is 4.98 Å². The van der Waals surface area contributed by atoms with Crippen LogP contribution in [0.2, 0.25) is 18.1 Å². The highest BCUT2D eigenvalue weighted by atomic mass is 79.9. The molecule has 0 aliphatic carbocycles. The number of nitrogens with one attached hydrogen (secondary N) is 1. The fraction of sp³-hybridized carbons (Fsp3) is 0.471. The Balaban J connectivity index is 2.73. The first kappa shape index (κ1) is 16.3. The Morgan fingerprint density at radius 2 is 1.86 bits per heavy atom. The molecular formula is C17H23BrN2Si. The summed E-state index contributed by atoms with van der Waals surface area (Å²) in [6.45, 7) is 7.01. The van der Waals surface area contributed by atoms with Crippen molar-refractivity contribution in [3.8, 4) is 6.07 Å². The highest BCUT2D eigenvalue weighted by Crippen LogP contribution is 2.27. The zero-order chi connectivity index (χ0) is 15.5. The zero-order valence-corrected chi connectivity index (χ0v) is 15.7. The molecule has 0 atom stereocenters. The average molecular weight is 363 g/mol. The third-order valence-electron chi connectivity index (χ3n) is 4.94. The maximum absolute atomic E-state index is 9.16. The molecule has 2 nitrogen and oxygen atoms in total. The van der Waals surface area contributed by atoms with Crippen molar-refractivity contribution in [2.24, 2.45) is 0 Å². The summed E-state index contributed by atoms with van der Waals surface area (Å²) in [7, 11) is -1.45. The number of nitrogens with zero attached hydrogens (tertiary/aromatic N) is 1. The van der Waals surface area contributed by atoms with Gasteiger partial charge in [0.1, 0.15) is 8.07 Å². The Morgan fingerprint density at radius 3 is 2.38 bits per heavy atom. The molecule has 2 rings (SSSR count). The average Bonchev–Trinajstić information content (AvgIpc) is 2.89. The third-order valence-corrected chi connectivity index (χ3v) is 10.9. The smallest absolute Gasteiger partial charge is 0.107 e. The summed E-state index contributed by atoms with van der Waals surface area (Å²) >= 11 is 3.60. The van der Waals surface area contributed by atoms with E-state index >= 15 is 0 Å². The van der Waals surface area contributed by atoms with Gasteiger partial charge in [0.25, 0.3) is 0 Å². The number of H-pyrrole nitrogens is 1. The lowest BCUT2D eigenvalue weighted by Crippen LogP contribution is -2.48. The Bertz CT molecular complexity index is 657. The van der Waals surface area contributed by atoms with Crippen molar-refractivity contribution < 1.29 is 0 Å². The second kappa shape index (κ2) is 6.80. The first-order chi connectivity index (χ1) is 10.2. The highest BCUT2D eigenvalue weighted by Gasteiger charge is 2.33. The van der Waals surface area contributed by atoms with E-state index in [1.807, 2.05) is 12.1 Å². The van der Waals surface area contributed by atoms with Gasteiger partial charge in [-0.3, -0.25) is 0 Å². The molecule has 0 aliphatic rings. The standard InChI is InChI=1S/C17H23BrN2Si/c1-4-21(5-2,6-3)17-14(9-10-18)15-11-13(12-19)7-8-16(15)20-17/h7-8,11,20H,4-6,9-10H2,1-3H3. The minimum Gasteiger partial charge on any atom is -0.362 e. The molecule has 1 heterocycles. The number of hydrogen-bond donors (Lipinski definition) is 1. The molecular weight excluding hydrogens is 340 g/mol. The van der Waals surface area contributed by atoms with Crippen LogP contribution in [0.4, 0.5) is 0 Å². The summed E-state index contributed by atoms with van der Waals surface area (Å²) in [4.78, 5) is 3.73. The van der Waals surface area contributed by atoms with Crippen LogP contribution in [-0.4, -0.2) is 18.4 Å². The minimum absolute atomic E-state index is 0.751. The largest absolute Gasteiger partial charge is 0.362 e. The van der Waals surface area contributed by atoms with E-state index in [1.165, 1.54) is 39.9 Å². The quantitative estimate of drug-likeness (QED) is 0.587. The molecule has 0 amide bonds. The van der Waals surface area contributed by atoms with E-state index in [9.17, 15) is 0 Å². The molecule has 0 saturated carbocycles. The van der Waals surface area contributed by atoms with Gasteiger partial charge in [-0.15, -0.1) is 0 Å². The van der Waals surface area contributed by atoms with Crippen molar-refractivity contribution in [1.29, 1.82) is 5.26 Å². The van der Waals surface area contributed by atoms with Gasteiger partial charge in [-0.25, -0.2) is 0 Å². The second-order valence-electron chi connectivity index (χ2n) is 5.63. The molecule has 0 aliphatic heterocycles. The fourth-order valence-corrected chi connectivity index (χ4v) is 7.66. The Morgan fingerprint density at radius 1 is 1.19 bits per heavy atom. The SMILES string of the molecule is CC[Si](CC)(CC)c1[nH]c2ccc(C#N)cc2c1CCBr. The van der Waals surface area contributed by atoms with Crippen LogP contribution in [0.1, 0.15) is 31.9 Å². The van der Waals surface area contributed by atoms with Crippen LogP contribution in [0.5, 0.6) is 0 Å². The molecule has 21 heavy (non-hydrogen) atoms. The van der Waals surface area contributed by atoms with Crippen LogP contribution in [0, 0.1) is 11.3 Å². The summed E-state index contributed by atoms with van der Waals surface area (Å²) in [6, 6.07) is 12.1. The van der Waals surface area contributed by atoms with Gasteiger partial charge in [0.05, 0.1) is 11.6 Å². The first-order valence-electron chi connectivity index (χ1n) is 7.76. The van der Waals surface area contributed by atoms with E-state index in [2.05, 4.69) is 53.8 Å². The van der Waals surface area contributed by atoms with Gasteiger partial charge in [0, 0.05) is 21.6 Å². The predicted molar refractivity (Wildman–Crippen MR) is 97.3 cm³/mol. The molecule has 0 saturated heterocycles. The molecule has 1 aromatic heterocycles. The number of aromatic nitrogens is 1. The predicted octanol–water partition coefficient (Wildman–Crippen LogP) is 4.69. The fourth-order valence-electron chi connectivity index (χ4n) is 3.40. The van der Waals surface area contributed by atoms with Crippen LogP contribution in [0.3, 0.4) is 0 Å². The summed E-state index contributed by atoms with van der Waals surface area (Å²) in [5.41, 5.74) is 3.38. The van der Waals surface area contributed by atoms with Gasteiger partial charge < -0.3 is 4.98 Å². The van der Waals surface area contributed by atoms with Gasteiger partial charge in [-0.2, -0.15) is 5.26 Å². The topological polar surface area (TPSA) is 39.6 Å². The monoisotopic (exact) mass is 362 g/mol. The van der Waals surface area contributed by atoms with Crippen LogP contribution >= 0.6 is 15.9 Å². The molecule has 0 unspecified atom stereocenters. The number of hydrogen-bond acceptors (Lipinski definition) is 1. The van der Waals surface area contributed by atoms with Gasteiger partial charge in [0.2, 0.25) is 0 Å². The molecule has 0 fully saturated rings. The number of nitriles is 1. The summed E-state index contributed by atoms with van der Waals surface area (Å²) in [6.07, 6.45) is 1.03. The van der Waals surface area contributed by atoms with Crippen molar-refractivity contribution >= 4 is 40.2 Å². The zero-order valence-electron chi connectivity index (χ0n) is 13.1. The maximum Gasteiger partial charge on any atom is 0.107 e. The normalized spacial score (nSPS) is 11.8. The molecule has 1 aromatic carbocycles. The molecule has 1 N–H and O–H groups in total. The number of benzene rings is 1. The number of fused-ring (bicyclic) bond motifs is 1. The van der Waals surface area contributed by atoms with Crippen LogP contribution in [0.15, 0.2) is 18.2 Å². The van der Waals surface area contributed by atoms with Gasteiger partial charge in [0.15, 0.2) is 0 Å². The number of aromatic amines is 1. The Labute approximate surface area is 136 Å². The molecule has 0 radical (unpaired) electrons. The number of halogens is 1. The highest BCUT2D eigenvalue weighted by molar-refractivity contribution is 9.09. The van der Waals surface area contributed by atoms with Gasteiger partial charge in [-0.05, 0) is 30.2 Å². The van der Waals surface area contributed by atoms with E-state index in [4.69, 9.17) is 5.26 Å². The van der Waals surface area contributed by atoms with Crippen molar-refractivity contribution in [2.45, 2.75) is 45.3 Å². The van der Waals surface area contributed by atoms with Crippen LogP contribution < -0.4 is 5.32 Å². The lowest BCUT2D eigenvalue weighted by Gasteiger charge is -2.28. The molecule has 112 valence electrons. The van der Waals surface area contributed by atoms with E-state index in [0.717, 1.165) is 17.3 Å². The molecule has 2 aromatic rings. The van der Waals surface area contributed by atoms with E-state index in [1.54, 1.807) is 0 Å². The minimum atomic E-state index is -1.45. The van der Waals surface area contributed by atoms with E-state index in [0.29, 0.717) is 0 Å². The Hall–Kier alpha value is -1.05. The van der Waals surface area contributed by atoms with Crippen molar-refractivity contribution in [3.05, 3.63) is 29.3 Å². The van der Waals surface area contributed by atoms with Gasteiger partial charge in [-0.1, -0.05) is 54.8 Å². The second-order valence-corrected chi connectivity index (χ2v) is 11.6. The number of rotatable bonds is 6. The third kappa shape index (κ3) is 2.82. The van der Waals surface area contributed by atoms with Crippen molar-refractivity contribution in [3.63, 3.8) is 0 Å². The van der Waals surface area contributed by atoms with E-state index < -0.39 is 8.07 Å². The molecule has 0 bridgehead atoms. The Kier molecular flexibility index (Phi) is 5.29. The van der Waals surface area contributed by atoms with E-state index in [-0.39, 0.29) is 0 Å². The lowest BCUT2D eigenvalue weighted by molar-refractivity contribution is 1.15. The summed E-state index contributed by atoms with van der Waals surface area (Å²) < 4.78 is 0. The maximum atomic E-state index is 9.16. The number of alkyl halides is 1. The number of aryl methyl sites for hydroxylation is 1. The lowest BCUT2D eigenvalue weighted by atomic mass is 10.1. The summed E-state index contributed by atoms with van der Waals surface area (Å²) in [5.74, 6) is 0. The first-order valence-corrected chi connectivity index (χ1v) is 11.5. The van der Waals surface area contributed by atoms with Gasteiger partial charge >= 0.3 is 0 Å². The summed E-state index contributed by atoms with van der Waals surface area (Å²) in [5, 5.41) is 12.9.